The van der Waals surface area contributed by atoms with Gasteiger partial charge in [-0.2, -0.15) is 0 Å². The smallest absolute Gasteiger partial charge is 0.188 e. The Hall–Kier alpha value is -2.40. The highest BCUT2D eigenvalue weighted by atomic mass is 16.7. The van der Waals surface area contributed by atoms with Crippen LogP contribution in [-0.4, -0.2) is 40.1 Å². The van der Waals surface area contributed by atoms with Crippen molar-refractivity contribution in [1.82, 2.24) is 0 Å². The third-order valence-corrected chi connectivity index (χ3v) is 4.08. The zero-order valence-electron chi connectivity index (χ0n) is 13.4. The molecule has 1 aliphatic heterocycles. The van der Waals surface area contributed by atoms with Crippen molar-refractivity contribution >= 4 is 17.1 Å². The van der Waals surface area contributed by atoms with Crippen LogP contribution in [0, 0.1) is 0 Å². The molecule has 23 heavy (non-hydrogen) atoms. The molecule has 2 aromatic rings. The number of benzene rings is 2. The van der Waals surface area contributed by atoms with Gasteiger partial charge >= 0.3 is 0 Å². The summed E-state index contributed by atoms with van der Waals surface area (Å²) in [6.45, 7) is 4.29. The number of rotatable bonds is 5. The van der Waals surface area contributed by atoms with Crippen LogP contribution in [0.1, 0.15) is 0 Å². The van der Waals surface area contributed by atoms with Crippen LogP contribution in [-0.2, 0) is 4.74 Å². The largest absolute Gasteiger partial charge is 0.468 e. The molecule has 3 rings (SSSR count). The van der Waals surface area contributed by atoms with Crippen LogP contribution in [0.2, 0.25) is 0 Å². The molecule has 0 amide bonds. The molecule has 2 N–H and O–H groups in total. The second-order valence-electron chi connectivity index (χ2n) is 5.61. The van der Waals surface area contributed by atoms with Crippen LogP contribution in [0.3, 0.4) is 0 Å². The standard InChI is InChI=1S/C18H23N3O2/c1-22-14-23-18-8-6-17(7-9-18)21-12-10-20(11-13-21)16-4-2-15(19)3-5-16/h2-9H,10-14,19H2,1H3. The van der Waals surface area contributed by atoms with E-state index in [0.29, 0.717) is 0 Å². The Morgan fingerprint density at radius 3 is 1.78 bits per heavy atom. The Balaban J connectivity index is 1.57. The van der Waals surface area contributed by atoms with E-state index in [4.69, 9.17) is 15.2 Å². The van der Waals surface area contributed by atoms with E-state index in [0.717, 1.165) is 37.6 Å². The zero-order chi connectivity index (χ0) is 16.1. The first-order chi connectivity index (χ1) is 11.3. The first-order valence-corrected chi connectivity index (χ1v) is 7.83. The summed E-state index contributed by atoms with van der Waals surface area (Å²) >= 11 is 0. The van der Waals surface area contributed by atoms with E-state index in [-0.39, 0.29) is 6.79 Å². The molecule has 0 aliphatic carbocycles. The van der Waals surface area contributed by atoms with Gasteiger partial charge in [0.25, 0.3) is 0 Å². The van der Waals surface area contributed by atoms with E-state index < -0.39 is 0 Å². The van der Waals surface area contributed by atoms with E-state index >= 15 is 0 Å². The van der Waals surface area contributed by atoms with E-state index in [1.807, 2.05) is 24.3 Å². The molecule has 5 heteroatoms. The predicted molar refractivity (Wildman–Crippen MR) is 94.2 cm³/mol. The van der Waals surface area contributed by atoms with Crippen LogP contribution in [0.5, 0.6) is 5.75 Å². The molecular weight excluding hydrogens is 290 g/mol. The maximum atomic E-state index is 5.75. The number of anilines is 3. The van der Waals surface area contributed by atoms with Crippen LogP contribution in [0.25, 0.3) is 0 Å². The Morgan fingerprint density at radius 1 is 0.826 bits per heavy atom. The lowest BCUT2D eigenvalue weighted by atomic mass is 10.2. The van der Waals surface area contributed by atoms with E-state index in [1.165, 1.54) is 11.4 Å². The average Bonchev–Trinajstić information content (AvgIpc) is 2.61. The second kappa shape index (κ2) is 7.24. The van der Waals surface area contributed by atoms with E-state index in [9.17, 15) is 0 Å². The number of ether oxygens (including phenoxy) is 2. The predicted octanol–water partition coefficient (Wildman–Crippen LogP) is 2.58. The maximum absolute atomic E-state index is 5.75. The van der Waals surface area contributed by atoms with Gasteiger partial charge in [-0.05, 0) is 48.5 Å². The van der Waals surface area contributed by atoms with Gasteiger partial charge in [-0.25, -0.2) is 0 Å². The molecule has 0 atom stereocenters. The molecule has 0 bridgehead atoms. The molecule has 5 nitrogen and oxygen atoms in total. The Kier molecular flexibility index (Phi) is 4.88. The average molecular weight is 313 g/mol. The van der Waals surface area contributed by atoms with Gasteiger partial charge in [0.2, 0.25) is 0 Å². The quantitative estimate of drug-likeness (QED) is 0.679. The van der Waals surface area contributed by atoms with Crippen LogP contribution in [0.4, 0.5) is 17.1 Å². The molecule has 1 fully saturated rings. The van der Waals surface area contributed by atoms with Crippen molar-refractivity contribution in [2.24, 2.45) is 0 Å². The van der Waals surface area contributed by atoms with Gasteiger partial charge in [0.1, 0.15) is 5.75 Å². The molecule has 2 aromatic carbocycles. The Bertz CT molecular complexity index is 605. The maximum Gasteiger partial charge on any atom is 0.188 e. The third kappa shape index (κ3) is 3.87. The van der Waals surface area contributed by atoms with Gasteiger partial charge in [-0.1, -0.05) is 0 Å². The van der Waals surface area contributed by atoms with Crippen molar-refractivity contribution in [1.29, 1.82) is 0 Å². The molecular formula is C18H23N3O2. The number of piperazine rings is 1. The summed E-state index contributed by atoms with van der Waals surface area (Å²) in [6, 6.07) is 16.3. The summed E-state index contributed by atoms with van der Waals surface area (Å²) in [4.78, 5) is 4.79. The minimum Gasteiger partial charge on any atom is -0.468 e. The van der Waals surface area contributed by atoms with Crippen molar-refractivity contribution < 1.29 is 9.47 Å². The molecule has 0 saturated carbocycles. The van der Waals surface area contributed by atoms with Crippen LogP contribution < -0.4 is 20.3 Å². The molecule has 0 spiro atoms. The lowest BCUT2D eigenvalue weighted by Crippen LogP contribution is -2.46. The number of hydrogen-bond acceptors (Lipinski definition) is 5. The minimum absolute atomic E-state index is 0.277. The van der Waals surface area contributed by atoms with Gasteiger partial charge in [-0.3, -0.25) is 0 Å². The fourth-order valence-electron chi connectivity index (χ4n) is 2.79. The summed E-state index contributed by atoms with van der Waals surface area (Å²) in [5, 5.41) is 0. The molecule has 0 unspecified atom stereocenters. The number of nitrogens with zero attached hydrogens (tertiary/aromatic N) is 2. The first kappa shape index (κ1) is 15.5. The van der Waals surface area contributed by atoms with Crippen LogP contribution >= 0.6 is 0 Å². The summed E-state index contributed by atoms with van der Waals surface area (Å²) in [5.41, 5.74) is 9.03. The Morgan fingerprint density at radius 2 is 1.30 bits per heavy atom. The fourth-order valence-corrected chi connectivity index (χ4v) is 2.79. The highest BCUT2D eigenvalue weighted by Gasteiger charge is 2.17. The molecule has 1 heterocycles. The summed E-state index contributed by atoms with van der Waals surface area (Å²) in [5.74, 6) is 0.830. The molecule has 1 aliphatic rings. The van der Waals surface area contributed by atoms with Gasteiger partial charge in [-0.15, -0.1) is 0 Å². The highest BCUT2D eigenvalue weighted by molar-refractivity contribution is 5.55. The molecule has 0 radical (unpaired) electrons. The van der Waals surface area contributed by atoms with Crippen molar-refractivity contribution in [2.75, 3.05) is 55.6 Å². The van der Waals surface area contributed by atoms with Crippen molar-refractivity contribution in [3.63, 3.8) is 0 Å². The summed E-state index contributed by atoms with van der Waals surface area (Å²) in [7, 11) is 1.62. The summed E-state index contributed by atoms with van der Waals surface area (Å²) < 4.78 is 10.3. The summed E-state index contributed by atoms with van der Waals surface area (Å²) in [6.07, 6.45) is 0. The number of nitrogen functional groups attached to an aromatic ring is 1. The topological polar surface area (TPSA) is 51.0 Å². The molecule has 122 valence electrons. The normalized spacial score (nSPS) is 14.8. The second-order valence-corrected chi connectivity index (χ2v) is 5.61. The van der Waals surface area contributed by atoms with Gasteiger partial charge < -0.3 is 25.0 Å². The van der Waals surface area contributed by atoms with E-state index in [2.05, 4.69) is 34.1 Å². The number of hydrogen-bond donors (Lipinski definition) is 1. The Labute approximate surface area is 137 Å². The lowest BCUT2D eigenvalue weighted by molar-refractivity contribution is 0.0511. The van der Waals surface area contributed by atoms with Gasteiger partial charge in [0.15, 0.2) is 6.79 Å². The zero-order valence-corrected chi connectivity index (χ0v) is 13.4. The fraction of sp³-hybridized carbons (Fsp3) is 0.333. The van der Waals surface area contributed by atoms with Gasteiger partial charge in [0, 0.05) is 50.4 Å². The third-order valence-electron chi connectivity index (χ3n) is 4.08. The van der Waals surface area contributed by atoms with Gasteiger partial charge in [0.05, 0.1) is 0 Å². The monoisotopic (exact) mass is 313 g/mol. The lowest BCUT2D eigenvalue weighted by Gasteiger charge is -2.37. The highest BCUT2D eigenvalue weighted by Crippen LogP contribution is 2.23. The van der Waals surface area contributed by atoms with E-state index in [1.54, 1.807) is 7.11 Å². The number of nitrogens with two attached hydrogens (primary N) is 1. The van der Waals surface area contributed by atoms with Crippen molar-refractivity contribution in [2.45, 2.75) is 0 Å². The SMILES string of the molecule is COCOc1ccc(N2CCN(c3ccc(N)cc3)CC2)cc1. The van der Waals surface area contributed by atoms with Crippen LogP contribution in [0.15, 0.2) is 48.5 Å². The molecule has 0 aromatic heterocycles. The minimum atomic E-state index is 0.277. The van der Waals surface area contributed by atoms with Crippen molar-refractivity contribution in [3.05, 3.63) is 48.5 Å². The molecule has 1 saturated heterocycles. The number of methoxy groups -OCH3 is 1. The van der Waals surface area contributed by atoms with Crippen molar-refractivity contribution in [3.8, 4) is 5.75 Å². The first-order valence-electron chi connectivity index (χ1n) is 7.83.